The average molecular weight is 331 g/mol. The highest BCUT2D eigenvalue weighted by Crippen LogP contribution is 2.28. The van der Waals surface area contributed by atoms with Crippen molar-refractivity contribution in [3.05, 3.63) is 60.4 Å². The van der Waals surface area contributed by atoms with Crippen molar-refractivity contribution in [1.82, 2.24) is 14.8 Å². The maximum Gasteiger partial charge on any atom is 0.180 e. The lowest BCUT2D eigenvalue weighted by molar-refractivity contribution is 0.101. The second-order valence-corrected chi connectivity index (χ2v) is 5.99. The van der Waals surface area contributed by atoms with Crippen LogP contribution in [-0.4, -0.2) is 32.3 Å². The fourth-order valence-electron chi connectivity index (χ4n) is 3.13. The molecule has 1 N–H and O–H groups in total. The summed E-state index contributed by atoms with van der Waals surface area (Å²) >= 11 is 0. The Hall–Kier alpha value is -3.05. The molecule has 0 atom stereocenters. The summed E-state index contributed by atoms with van der Waals surface area (Å²) in [7, 11) is 0. The largest absolute Gasteiger partial charge is 0.394 e. The van der Waals surface area contributed by atoms with Gasteiger partial charge in [-0.3, -0.25) is 14.5 Å². The van der Waals surface area contributed by atoms with Gasteiger partial charge in [0.15, 0.2) is 5.78 Å². The summed E-state index contributed by atoms with van der Waals surface area (Å²) in [5, 5.41) is 15.5. The Balaban J connectivity index is 1.89. The molecule has 0 aliphatic rings. The van der Waals surface area contributed by atoms with Gasteiger partial charge in [-0.15, -0.1) is 0 Å². The Morgan fingerprint density at radius 3 is 2.72 bits per heavy atom. The standard InChI is InChI=1S/C20H17N3O2/c1-13(25)20-17-11-15(6-7-19(17)23(22-20)9-10-24)16-5-4-14-3-2-8-21-18(14)12-16/h2-8,11-12,24H,9-10H2,1H3. The first-order chi connectivity index (χ1) is 12.2. The number of aliphatic hydroxyl groups excluding tert-OH is 1. The molecule has 0 unspecified atom stereocenters. The summed E-state index contributed by atoms with van der Waals surface area (Å²) < 4.78 is 1.68. The minimum atomic E-state index is -0.0842. The lowest BCUT2D eigenvalue weighted by Crippen LogP contribution is -2.05. The predicted octanol–water partition coefficient (Wildman–Crippen LogP) is 3.45. The number of Topliss-reactive ketones (excluding diaryl/α,β-unsaturated/α-hetero) is 1. The SMILES string of the molecule is CC(=O)c1nn(CCO)c2ccc(-c3ccc4cccnc4c3)cc12. The smallest absolute Gasteiger partial charge is 0.180 e. The number of rotatable bonds is 4. The first-order valence-corrected chi connectivity index (χ1v) is 8.15. The molecule has 0 aliphatic heterocycles. The van der Waals surface area contributed by atoms with Crippen LogP contribution < -0.4 is 0 Å². The summed E-state index contributed by atoms with van der Waals surface area (Å²) in [6.45, 7) is 1.85. The highest BCUT2D eigenvalue weighted by atomic mass is 16.3. The van der Waals surface area contributed by atoms with Gasteiger partial charge in [0.1, 0.15) is 5.69 Å². The molecular weight excluding hydrogens is 314 g/mol. The maximum atomic E-state index is 12.0. The molecule has 124 valence electrons. The van der Waals surface area contributed by atoms with Crippen molar-refractivity contribution in [2.24, 2.45) is 0 Å². The third-order valence-electron chi connectivity index (χ3n) is 4.33. The van der Waals surface area contributed by atoms with Gasteiger partial charge in [0.25, 0.3) is 0 Å². The zero-order chi connectivity index (χ0) is 17.4. The van der Waals surface area contributed by atoms with Crippen LogP contribution in [0, 0.1) is 0 Å². The highest BCUT2D eigenvalue weighted by molar-refractivity contribution is 6.06. The molecule has 0 radical (unpaired) electrons. The third-order valence-corrected chi connectivity index (χ3v) is 4.33. The zero-order valence-corrected chi connectivity index (χ0v) is 13.8. The first kappa shape index (κ1) is 15.5. The Morgan fingerprint density at radius 1 is 1.12 bits per heavy atom. The van der Waals surface area contributed by atoms with E-state index in [9.17, 15) is 9.90 Å². The molecule has 2 aromatic carbocycles. The number of ketones is 1. The molecule has 2 aromatic heterocycles. The van der Waals surface area contributed by atoms with Gasteiger partial charge in [0.2, 0.25) is 0 Å². The van der Waals surface area contributed by atoms with Crippen molar-refractivity contribution >= 4 is 27.6 Å². The van der Waals surface area contributed by atoms with Crippen LogP contribution in [0.4, 0.5) is 0 Å². The molecule has 5 nitrogen and oxygen atoms in total. The number of carbonyl (C=O) groups excluding carboxylic acids is 1. The first-order valence-electron chi connectivity index (χ1n) is 8.15. The van der Waals surface area contributed by atoms with Gasteiger partial charge < -0.3 is 5.11 Å². The Morgan fingerprint density at radius 2 is 1.92 bits per heavy atom. The van der Waals surface area contributed by atoms with E-state index in [-0.39, 0.29) is 12.4 Å². The minimum absolute atomic E-state index is 0.0216. The zero-order valence-electron chi connectivity index (χ0n) is 13.8. The molecule has 0 amide bonds. The van der Waals surface area contributed by atoms with E-state index in [4.69, 9.17) is 0 Å². The topological polar surface area (TPSA) is 68.0 Å². The van der Waals surface area contributed by atoms with E-state index in [1.807, 2.05) is 42.5 Å². The van der Waals surface area contributed by atoms with Crippen LogP contribution in [0.15, 0.2) is 54.7 Å². The molecule has 4 aromatic rings. The number of pyridine rings is 1. The van der Waals surface area contributed by atoms with Crippen molar-refractivity contribution in [3.63, 3.8) is 0 Å². The number of fused-ring (bicyclic) bond motifs is 2. The van der Waals surface area contributed by atoms with Gasteiger partial charge in [-0.1, -0.05) is 24.3 Å². The molecular formula is C20H17N3O2. The van der Waals surface area contributed by atoms with E-state index in [0.29, 0.717) is 12.2 Å². The van der Waals surface area contributed by atoms with Crippen LogP contribution in [0.5, 0.6) is 0 Å². The molecule has 0 spiro atoms. The van der Waals surface area contributed by atoms with Crippen molar-refractivity contribution in [2.75, 3.05) is 6.61 Å². The Kier molecular flexibility index (Phi) is 3.78. The summed E-state index contributed by atoms with van der Waals surface area (Å²) in [4.78, 5) is 16.4. The Labute approximate surface area is 144 Å². The molecule has 0 saturated heterocycles. The molecule has 5 heteroatoms. The number of benzene rings is 2. The van der Waals surface area contributed by atoms with E-state index in [1.165, 1.54) is 6.92 Å². The van der Waals surface area contributed by atoms with Crippen molar-refractivity contribution in [2.45, 2.75) is 13.5 Å². The van der Waals surface area contributed by atoms with Crippen LogP contribution in [0.3, 0.4) is 0 Å². The van der Waals surface area contributed by atoms with Crippen LogP contribution in [0.25, 0.3) is 32.9 Å². The number of aliphatic hydroxyl groups is 1. The summed E-state index contributed by atoms with van der Waals surface area (Å²) in [6.07, 6.45) is 1.78. The number of hydrogen-bond donors (Lipinski definition) is 1. The molecule has 0 bridgehead atoms. The second-order valence-electron chi connectivity index (χ2n) is 5.99. The fraction of sp³-hybridized carbons (Fsp3) is 0.150. The lowest BCUT2D eigenvalue weighted by atomic mass is 10.0. The minimum Gasteiger partial charge on any atom is -0.394 e. The van der Waals surface area contributed by atoms with E-state index in [1.54, 1.807) is 10.9 Å². The monoisotopic (exact) mass is 331 g/mol. The summed E-state index contributed by atoms with van der Waals surface area (Å²) in [5.41, 5.74) is 4.26. The second kappa shape index (κ2) is 6.11. The lowest BCUT2D eigenvalue weighted by Gasteiger charge is -2.05. The maximum absolute atomic E-state index is 12.0. The molecule has 25 heavy (non-hydrogen) atoms. The van der Waals surface area contributed by atoms with Crippen molar-refractivity contribution in [3.8, 4) is 11.1 Å². The number of nitrogens with zero attached hydrogens (tertiary/aromatic N) is 3. The molecule has 0 fully saturated rings. The van der Waals surface area contributed by atoms with Gasteiger partial charge in [0, 0.05) is 23.9 Å². The van der Waals surface area contributed by atoms with Gasteiger partial charge in [-0.2, -0.15) is 5.10 Å². The fourth-order valence-corrected chi connectivity index (χ4v) is 3.13. The Bertz CT molecular complexity index is 1100. The van der Waals surface area contributed by atoms with E-state index < -0.39 is 0 Å². The van der Waals surface area contributed by atoms with E-state index in [2.05, 4.69) is 16.1 Å². The van der Waals surface area contributed by atoms with Crippen LogP contribution in [0.1, 0.15) is 17.4 Å². The summed E-state index contributed by atoms with van der Waals surface area (Å²) in [6, 6.07) is 16.0. The summed E-state index contributed by atoms with van der Waals surface area (Å²) in [5.74, 6) is -0.0842. The number of hydrogen-bond acceptors (Lipinski definition) is 4. The molecule has 0 aliphatic carbocycles. The van der Waals surface area contributed by atoms with Gasteiger partial charge in [0.05, 0.1) is 24.2 Å². The van der Waals surface area contributed by atoms with Gasteiger partial charge >= 0.3 is 0 Å². The van der Waals surface area contributed by atoms with Crippen LogP contribution in [0.2, 0.25) is 0 Å². The number of aromatic nitrogens is 3. The number of carbonyl (C=O) groups is 1. The van der Waals surface area contributed by atoms with E-state index >= 15 is 0 Å². The van der Waals surface area contributed by atoms with Crippen LogP contribution >= 0.6 is 0 Å². The molecule has 2 heterocycles. The van der Waals surface area contributed by atoms with Crippen molar-refractivity contribution in [1.29, 1.82) is 0 Å². The normalized spacial score (nSPS) is 11.3. The predicted molar refractivity (Wildman–Crippen MR) is 97.6 cm³/mol. The molecule has 0 saturated carbocycles. The van der Waals surface area contributed by atoms with Gasteiger partial charge in [-0.05, 0) is 35.4 Å². The van der Waals surface area contributed by atoms with E-state index in [0.717, 1.165) is 32.9 Å². The quantitative estimate of drug-likeness (QED) is 0.582. The average Bonchev–Trinajstić information content (AvgIpc) is 3.00. The molecule has 4 rings (SSSR count). The van der Waals surface area contributed by atoms with Gasteiger partial charge in [-0.25, -0.2) is 0 Å². The van der Waals surface area contributed by atoms with Crippen molar-refractivity contribution < 1.29 is 9.90 Å². The van der Waals surface area contributed by atoms with Crippen LogP contribution in [-0.2, 0) is 6.54 Å². The third kappa shape index (κ3) is 2.68. The highest BCUT2D eigenvalue weighted by Gasteiger charge is 2.15.